The van der Waals surface area contributed by atoms with Crippen LogP contribution in [0.2, 0.25) is 0 Å². The molecule has 1 saturated heterocycles. The zero-order valence-corrected chi connectivity index (χ0v) is 14.9. The number of hydrogen-bond donors (Lipinski definition) is 4. The highest BCUT2D eigenvalue weighted by Crippen LogP contribution is 2.32. The average molecular weight is 385 g/mol. The van der Waals surface area contributed by atoms with E-state index in [1.165, 1.54) is 6.92 Å². The van der Waals surface area contributed by atoms with Crippen molar-refractivity contribution in [3.8, 4) is 5.75 Å². The van der Waals surface area contributed by atoms with E-state index >= 15 is 0 Å². The largest absolute Gasteiger partial charge is 0.462 e. The van der Waals surface area contributed by atoms with Gasteiger partial charge in [-0.25, -0.2) is 4.79 Å². The minimum atomic E-state index is -1.40. The van der Waals surface area contributed by atoms with Gasteiger partial charge in [0.05, 0.1) is 11.3 Å². The third kappa shape index (κ3) is 3.46. The maximum absolute atomic E-state index is 11.4. The number of carbonyl (C=O) groups is 1. The van der Waals surface area contributed by atoms with Gasteiger partial charge >= 0.3 is 4.94 Å². The molecule has 4 N–H and O–H groups in total. The van der Waals surface area contributed by atoms with E-state index in [-0.39, 0.29) is 0 Å². The van der Waals surface area contributed by atoms with Crippen molar-refractivity contribution in [2.45, 2.75) is 44.5 Å². The first-order valence-corrected chi connectivity index (χ1v) is 8.73. The van der Waals surface area contributed by atoms with Gasteiger partial charge in [-0.2, -0.15) is 0 Å². The van der Waals surface area contributed by atoms with Crippen LogP contribution in [0.3, 0.4) is 0 Å². The molecule has 142 valence electrons. The summed E-state index contributed by atoms with van der Waals surface area (Å²) in [5, 5.41) is 32.1. The summed E-state index contributed by atoms with van der Waals surface area (Å²) in [5.74, 6) is -0.0868. The summed E-state index contributed by atoms with van der Waals surface area (Å²) < 4.78 is 17.0. The van der Waals surface area contributed by atoms with E-state index in [1.807, 2.05) is 0 Å². The van der Waals surface area contributed by atoms with Crippen molar-refractivity contribution in [3.05, 3.63) is 27.4 Å². The van der Waals surface area contributed by atoms with E-state index in [0.29, 0.717) is 21.6 Å². The molecule has 0 spiro atoms. The van der Waals surface area contributed by atoms with Crippen molar-refractivity contribution in [1.29, 1.82) is 0 Å². The number of carbonyl (C=O) groups excluding carboxylic acids is 1. The topological polar surface area (TPSA) is 138 Å². The fraction of sp³-hybridized carbons (Fsp3) is 0.500. The number of amides is 1. The van der Waals surface area contributed by atoms with E-state index in [2.05, 4.69) is 5.32 Å². The number of aliphatic hydroxyl groups is 3. The lowest BCUT2D eigenvalue weighted by Crippen LogP contribution is -2.65. The van der Waals surface area contributed by atoms with Gasteiger partial charge in [0.15, 0.2) is 0 Å². The molecule has 1 aromatic carbocycles. The normalized spacial score (nSPS) is 28.9. The highest BCUT2D eigenvalue weighted by atomic mass is 32.1. The third-order valence-corrected chi connectivity index (χ3v) is 5.15. The number of aliphatic hydroxyl groups excluding tert-OH is 3. The maximum Gasteiger partial charge on any atom is 0.396 e. The molecule has 1 aromatic heterocycles. The van der Waals surface area contributed by atoms with E-state index in [4.69, 9.17) is 13.9 Å². The Bertz CT molecular complexity index is 862. The predicted molar refractivity (Wildman–Crippen MR) is 91.1 cm³/mol. The van der Waals surface area contributed by atoms with E-state index in [1.54, 1.807) is 19.1 Å². The summed E-state index contributed by atoms with van der Waals surface area (Å²) in [6.07, 6.45) is -5.02. The second kappa shape index (κ2) is 7.33. The molecular formula is C16H19NO8S. The lowest BCUT2D eigenvalue weighted by Gasteiger charge is -2.42. The van der Waals surface area contributed by atoms with Crippen LogP contribution >= 0.6 is 11.3 Å². The zero-order valence-electron chi connectivity index (χ0n) is 14.0. The Hall–Kier alpha value is -1.98. The number of aryl methyl sites for hydroxylation is 1. The highest BCUT2D eigenvalue weighted by Gasteiger charge is 2.46. The van der Waals surface area contributed by atoms with E-state index < -0.39 is 48.1 Å². The first kappa shape index (κ1) is 18.8. The smallest absolute Gasteiger partial charge is 0.396 e. The minimum absolute atomic E-state index is 0.357. The molecule has 9 nitrogen and oxygen atoms in total. The van der Waals surface area contributed by atoms with Crippen molar-refractivity contribution in [2.24, 2.45) is 0 Å². The quantitative estimate of drug-likeness (QED) is 0.552. The van der Waals surface area contributed by atoms with Gasteiger partial charge < -0.3 is 34.5 Å². The molecule has 0 radical (unpaired) electrons. The van der Waals surface area contributed by atoms with Gasteiger partial charge in [0, 0.05) is 12.5 Å². The molecule has 10 heteroatoms. The van der Waals surface area contributed by atoms with Gasteiger partial charge in [0.1, 0.15) is 35.7 Å². The lowest BCUT2D eigenvalue weighted by atomic mass is 9.97. The molecule has 0 unspecified atom stereocenters. The van der Waals surface area contributed by atoms with E-state index in [0.717, 1.165) is 11.3 Å². The molecule has 1 amide bonds. The Morgan fingerprint density at radius 3 is 2.73 bits per heavy atom. The summed E-state index contributed by atoms with van der Waals surface area (Å²) in [6, 6.07) is 2.09. The summed E-state index contributed by atoms with van der Waals surface area (Å²) in [6.45, 7) is 2.45. The SMILES string of the molecule is CC(=O)N[C@@H]1[C@H](Oc2ccc3oc(=O)sc3c2C)O[C@@H](CO)[C@@H](O)[C@H]1O. The van der Waals surface area contributed by atoms with Gasteiger partial charge in [-0.1, -0.05) is 11.3 Å². The predicted octanol–water partition coefficient (Wildman–Crippen LogP) is -0.515. The lowest BCUT2D eigenvalue weighted by molar-refractivity contribution is -0.244. The summed E-state index contributed by atoms with van der Waals surface area (Å²) >= 11 is 0.930. The Morgan fingerprint density at radius 1 is 1.35 bits per heavy atom. The van der Waals surface area contributed by atoms with Crippen LogP contribution in [-0.2, 0) is 9.53 Å². The number of ether oxygens (including phenoxy) is 2. The van der Waals surface area contributed by atoms with Gasteiger partial charge in [-0.15, -0.1) is 0 Å². The molecule has 3 rings (SSSR count). The number of nitrogens with one attached hydrogen (secondary N) is 1. The monoisotopic (exact) mass is 385 g/mol. The van der Waals surface area contributed by atoms with Crippen molar-refractivity contribution >= 4 is 27.5 Å². The maximum atomic E-state index is 11.4. The zero-order chi connectivity index (χ0) is 19.0. The van der Waals surface area contributed by atoms with Gasteiger partial charge in [-0.05, 0) is 19.1 Å². The molecule has 0 bridgehead atoms. The molecule has 0 aliphatic carbocycles. The first-order valence-electron chi connectivity index (χ1n) is 7.91. The standard InChI is InChI=1S/C16H19NO8S/c1-6-8(3-4-9-14(6)26-16(22)25-9)23-15-11(17-7(2)19)13(21)12(20)10(5-18)24-15/h3-4,10-13,15,18,20-21H,5H2,1-2H3,(H,17,19)/t10-,11-,12+,13-,15+/m0/s1. The summed E-state index contributed by atoms with van der Waals surface area (Å²) in [4.78, 5) is 22.4. The number of hydrogen-bond acceptors (Lipinski definition) is 9. The Balaban J connectivity index is 1.93. The molecule has 1 fully saturated rings. The molecule has 26 heavy (non-hydrogen) atoms. The Morgan fingerprint density at radius 2 is 2.08 bits per heavy atom. The van der Waals surface area contributed by atoms with Crippen LogP contribution in [-0.4, -0.2) is 58.5 Å². The van der Waals surface area contributed by atoms with Crippen LogP contribution in [0.5, 0.6) is 5.75 Å². The van der Waals surface area contributed by atoms with Crippen LogP contribution in [0.1, 0.15) is 12.5 Å². The molecule has 2 aromatic rings. The van der Waals surface area contributed by atoms with Crippen LogP contribution < -0.4 is 15.0 Å². The second-order valence-electron chi connectivity index (χ2n) is 6.02. The number of rotatable bonds is 4. The summed E-state index contributed by atoms with van der Waals surface area (Å²) in [7, 11) is 0. The van der Waals surface area contributed by atoms with Crippen molar-refractivity contribution in [2.75, 3.05) is 6.61 Å². The van der Waals surface area contributed by atoms with Crippen LogP contribution in [0.15, 0.2) is 21.3 Å². The Labute approximate surface area is 151 Å². The molecule has 0 saturated carbocycles. The molecule has 2 heterocycles. The summed E-state index contributed by atoms with van der Waals surface area (Å²) in [5.41, 5.74) is 1.06. The Kier molecular flexibility index (Phi) is 5.30. The van der Waals surface area contributed by atoms with Crippen LogP contribution in [0.25, 0.3) is 10.3 Å². The van der Waals surface area contributed by atoms with Crippen molar-refractivity contribution in [3.63, 3.8) is 0 Å². The van der Waals surface area contributed by atoms with Crippen molar-refractivity contribution in [1.82, 2.24) is 5.32 Å². The minimum Gasteiger partial charge on any atom is -0.462 e. The molecule has 1 aliphatic heterocycles. The van der Waals surface area contributed by atoms with Gasteiger partial charge in [0.25, 0.3) is 0 Å². The fourth-order valence-corrected chi connectivity index (χ4v) is 3.64. The molecular weight excluding hydrogens is 366 g/mol. The molecule has 1 aliphatic rings. The fourth-order valence-electron chi connectivity index (χ4n) is 2.87. The second-order valence-corrected chi connectivity index (χ2v) is 6.97. The third-order valence-electron chi connectivity index (χ3n) is 4.19. The van der Waals surface area contributed by atoms with Crippen LogP contribution in [0.4, 0.5) is 0 Å². The van der Waals surface area contributed by atoms with Crippen molar-refractivity contribution < 1.29 is 34.0 Å². The average Bonchev–Trinajstić information content (AvgIpc) is 2.97. The number of fused-ring (bicyclic) bond motifs is 1. The van der Waals surface area contributed by atoms with Gasteiger partial charge in [0.2, 0.25) is 12.2 Å². The van der Waals surface area contributed by atoms with Crippen LogP contribution in [0, 0.1) is 6.92 Å². The van der Waals surface area contributed by atoms with Gasteiger partial charge in [-0.3, -0.25) is 4.79 Å². The highest BCUT2D eigenvalue weighted by molar-refractivity contribution is 7.16. The number of benzene rings is 1. The molecule has 5 atom stereocenters. The van der Waals surface area contributed by atoms with E-state index in [9.17, 15) is 24.9 Å². The first-order chi connectivity index (χ1) is 12.3.